The van der Waals surface area contributed by atoms with E-state index in [0.29, 0.717) is 6.42 Å². The second-order valence-corrected chi connectivity index (χ2v) is 2.49. The Bertz CT molecular complexity index is 143. The van der Waals surface area contributed by atoms with Gasteiger partial charge in [-0.2, -0.15) is 0 Å². The first kappa shape index (κ1) is 9.94. The molecule has 0 amide bonds. The summed E-state index contributed by atoms with van der Waals surface area (Å²) in [7, 11) is 0. The molecule has 11 heavy (non-hydrogen) atoms. The van der Waals surface area contributed by atoms with E-state index in [1.165, 1.54) is 0 Å². The lowest BCUT2D eigenvalue weighted by Gasteiger charge is -2.08. The fraction of sp³-hybridized carbons (Fsp3) is 0.714. The summed E-state index contributed by atoms with van der Waals surface area (Å²) in [5.41, 5.74) is 5.08. The maximum Gasteiger partial charge on any atom is 0.314 e. The molecular weight excluding hydrogens is 144 g/mol. The molecule has 0 saturated carbocycles. The van der Waals surface area contributed by atoms with E-state index < -0.39 is 11.9 Å². The van der Waals surface area contributed by atoms with Crippen LogP contribution in [0.15, 0.2) is 0 Å². The molecule has 0 aliphatic rings. The average molecular weight is 158 g/mol. The summed E-state index contributed by atoms with van der Waals surface area (Å²) in [6.45, 7) is 1.97. The van der Waals surface area contributed by atoms with E-state index in [1.54, 1.807) is 0 Å². The van der Waals surface area contributed by atoms with Crippen molar-refractivity contribution in [3.05, 3.63) is 0 Å². The van der Waals surface area contributed by atoms with Crippen molar-refractivity contribution >= 4 is 11.8 Å². The van der Waals surface area contributed by atoms with Crippen LogP contribution in [0.4, 0.5) is 0 Å². The highest BCUT2D eigenvalue weighted by molar-refractivity contribution is 5.97. The van der Waals surface area contributed by atoms with E-state index in [4.69, 9.17) is 16.2 Å². The smallest absolute Gasteiger partial charge is 0.314 e. The monoisotopic (exact) mass is 158 g/mol. The predicted octanol–water partition coefficient (Wildman–Crippen LogP) is 0.813. The highest BCUT2D eigenvalue weighted by atomic mass is 16.4. The number of nitrogens with one attached hydrogen (secondary N) is 1. The molecule has 0 aromatic carbocycles. The van der Waals surface area contributed by atoms with Crippen molar-refractivity contribution in [3.8, 4) is 0 Å². The summed E-state index contributed by atoms with van der Waals surface area (Å²) in [6, 6.07) is 0. The molecule has 0 fully saturated rings. The molecule has 4 N–H and O–H groups in total. The standard InChI is InChI=1S/C7H14N2O2/c1-2-3-4-5(6(8)9)7(10)11/h5H,2-4H2,1H3,(H3,8,9)(H,10,11). The second-order valence-electron chi connectivity index (χ2n) is 2.49. The second kappa shape index (κ2) is 4.71. The van der Waals surface area contributed by atoms with Gasteiger partial charge in [0, 0.05) is 0 Å². The van der Waals surface area contributed by atoms with Crippen LogP contribution in [0.5, 0.6) is 0 Å². The maximum absolute atomic E-state index is 10.4. The molecule has 4 heteroatoms. The Morgan fingerprint density at radius 1 is 1.73 bits per heavy atom. The average Bonchev–Trinajstić information content (AvgIpc) is 1.87. The molecule has 0 heterocycles. The third-order valence-electron chi connectivity index (χ3n) is 1.52. The molecule has 0 aromatic rings. The largest absolute Gasteiger partial charge is 0.481 e. The zero-order valence-corrected chi connectivity index (χ0v) is 6.63. The van der Waals surface area contributed by atoms with Gasteiger partial charge in [0.15, 0.2) is 0 Å². The zero-order chi connectivity index (χ0) is 8.85. The van der Waals surface area contributed by atoms with Gasteiger partial charge >= 0.3 is 5.97 Å². The minimum absolute atomic E-state index is 0.244. The molecule has 0 rings (SSSR count). The Morgan fingerprint density at radius 3 is 2.55 bits per heavy atom. The molecular formula is C7H14N2O2. The summed E-state index contributed by atoms with van der Waals surface area (Å²) < 4.78 is 0. The first-order valence-electron chi connectivity index (χ1n) is 3.66. The Morgan fingerprint density at radius 2 is 2.27 bits per heavy atom. The third-order valence-corrected chi connectivity index (χ3v) is 1.52. The van der Waals surface area contributed by atoms with Gasteiger partial charge in [0.2, 0.25) is 0 Å². The van der Waals surface area contributed by atoms with Crippen LogP contribution in [0.2, 0.25) is 0 Å². The van der Waals surface area contributed by atoms with Crippen LogP contribution in [0.25, 0.3) is 0 Å². The van der Waals surface area contributed by atoms with Crippen LogP contribution >= 0.6 is 0 Å². The normalized spacial score (nSPS) is 12.5. The molecule has 0 radical (unpaired) electrons. The van der Waals surface area contributed by atoms with Gasteiger partial charge in [-0.25, -0.2) is 0 Å². The minimum atomic E-state index is -0.994. The number of hydrogen-bond acceptors (Lipinski definition) is 2. The Kier molecular flexibility index (Phi) is 4.26. The Labute approximate surface area is 65.9 Å². The molecule has 0 bridgehead atoms. The molecule has 4 nitrogen and oxygen atoms in total. The van der Waals surface area contributed by atoms with Crippen LogP contribution in [-0.4, -0.2) is 16.9 Å². The molecule has 0 aromatic heterocycles. The lowest BCUT2D eigenvalue weighted by atomic mass is 10.0. The molecule has 0 saturated heterocycles. The number of amidine groups is 1. The van der Waals surface area contributed by atoms with E-state index in [9.17, 15) is 4.79 Å². The van der Waals surface area contributed by atoms with Gasteiger partial charge in [0.1, 0.15) is 11.8 Å². The summed E-state index contributed by atoms with van der Waals surface area (Å²) in [4.78, 5) is 10.4. The van der Waals surface area contributed by atoms with Gasteiger partial charge in [0.25, 0.3) is 0 Å². The molecule has 1 unspecified atom stereocenters. The fourth-order valence-electron chi connectivity index (χ4n) is 0.820. The van der Waals surface area contributed by atoms with Gasteiger partial charge in [-0.1, -0.05) is 19.8 Å². The minimum Gasteiger partial charge on any atom is -0.481 e. The van der Waals surface area contributed by atoms with Crippen LogP contribution in [0.1, 0.15) is 26.2 Å². The SMILES string of the molecule is CCCCC(C(=N)N)C(=O)O. The van der Waals surface area contributed by atoms with Crippen molar-refractivity contribution < 1.29 is 9.90 Å². The number of carbonyl (C=O) groups is 1. The Hall–Kier alpha value is -1.06. The van der Waals surface area contributed by atoms with Crippen molar-refractivity contribution in [2.75, 3.05) is 0 Å². The highest BCUT2D eigenvalue weighted by Gasteiger charge is 2.19. The first-order chi connectivity index (χ1) is 5.09. The van der Waals surface area contributed by atoms with E-state index in [2.05, 4.69) is 0 Å². The van der Waals surface area contributed by atoms with Gasteiger partial charge in [0.05, 0.1) is 0 Å². The Balaban J connectivity index is 3.90. The van der Waals surface area contributed by atoms with E-state index in [1.807, 2.05) is 6.92 Å². The highest BCUT2D eigenvalue weighted by Crippen LogP contribution is 2.07. The lowest BCUT2D eigenvalue weighted by molar-refractivity contribution is -0.139. The number of unbranched alkanes of at least 4 members (excludes halogenated alkanes) is 1. The molecule has 0 aliphatic carbocycles. The van der Waals surface area contributed by atoms with Crippen LogP contribution in [0.3, 0.4) is 0 Å². The lowest BCUT2D eigenvalue weighted by Crippen LogP contribution is -2.29. The van der Waals surface area contributed by atoms with E-state index in [-0.39, 0.29) is 5.84 Å². The summed E-state index contributed by atoms with van der Waals surface area (Å²) in [5, 5.41) is 15.5. The van der Waals surface area contributed by atoms with Crippen LogP contribution in [-0.2, 0) is 4.79 Å². The third kappa shape index (κ3) is 3.60. The molecule has 1 atom stereocenters. The number of carboxylic acids is 1. The van der Waals surface area contributed by atoms with Crippen LogP contribution in [0, 0.1) is 11.3 Å². The van der Waals surface area contributed by atoms with Crippen molar-refractivity contribution in [1.82, 2.24) is 0 Å². The number of rotatable bonds is 5. The van der Waals surface area contributed by atoms with Crippen molar-refractivity contribution in [2.45, 2.75) is 26.2 Å². The van der Waals surface area contributed by atoms with Crippen molar-refractivity contribution in [2.24, 2.45) is 11.7 Å². The van der Waals surface area contributed by atoms with Crippen LogP contribution < -0.4 is 5.73 Å². The summed E-state index contributed by atoms with van der Waals surface area (Å²) in [6.07, 6.45) is 2.20. The number of aliphatic carboxylic acids is 1. The first-order valence-corrected chi connectivity index (χ1v) is 3.66. The summed E-state index contributed by atoms with van der Waals surface area (Å²) >= 11 is 0. The van der Waals surface area contributed by atoms with Gasteiger partial charge in [-0.3, -0.25) is 10.2 Å². The quantitative estimate of drug-likeness (QED) is 0.408. The fourth-order valence-corrected chi connectivity index (χ4v) is 0.820. The van der Waals surface area contributed by atoms with Gasteiger partial charge < -0.3 is 10.8 Å². The predicted molar refractivity (Wildman–Crippen MR) is 42.6 cm³/mol. The number of hydrogen-bond donors (Lipinski definition) is 3. The van der Waals surface area contributed by atoms with E-state index in [0.717, 1.165) is 12.8 Å². The van der Waals surface area contributed by atoms with Crippen molar-refractivity contribution in [3.63, 3.8) is 0 Å². The molecule has 0 aliphatic heterocycles. The topological polar surface area (TPSA) is 87.2 Å². The molecule has 0 spiro atoms. The van der Waals surface area contributed by atoms with Gasteiger partial charge in [-0.05, 0) is 6.42 Å². The maximum atomic E-state index is 10.4. The number of carboxylic acid groups (broad SMARTS) is 1. The van der Waals surface area contributed by atoms with Gasteiger partial charge in [-0.15, -0.1) is 0 Å². The summed E-state index contributed by atoms with van der Waals surface area (Å²) in [5.74, 6) is -2.02. The zero-order valence-electron chi connectivity index (χ0n) is 6.63. The van der Waals surface area contributed by atoms with Crippen molar-refractivity contribution in [1.29, 1.82) is 5.41 Å². The molecule has 64 valence electrons. The van der Waals surface area contributed by atoms with E-state index >= 15 is 0 Å². The number of nitrogens with two attached hydrogens (primary N) is 1.